The Balaban J connectivity index is 2.18. The molecule has 0 radical (unpaired) electrons. The number of halogens is 1. The van der Waals surface area contributed by atoms with Crippen molar-refractivity contribution >= 4 is 39.7 Å². The number of hydrogen-bond acceptors (Lipinski definition) is 6. The molecule has 3 rings (SSSR count). The van der Waals surface area contributed by atoms with Crippen LogP contribution >= 0.6 is 22.4 Å². The van der Waals surface area contributed by atoms with Gasteiger partial charge in [0.05, 0.1) is 28.5 Å². The Morgan fingerprint density at radius 2 is 1.78 bits per heavy atom. The molecular formula is C27H38FNO5S2. The van der Waals surface area contributed by atoms with E-state index in [-0.39, 0.29) is 30.0 Å². The van der Waals surface area contributed by atoms with Gasteiger partial charge in [0.1, 0.15) is 11.6 Å². The maximum Gasteiger partial charge on any atom is 0.306 e. The van der Waals surface area contributed by atoms with E-state index in [2.05, 4.69) is 18.7 Å². The lowest BCUT2D eigenvalue weighted by molar-refractivity contribution is -0.137. The summed E-state index contributed by atoms with van der Waals surface area (Å²) in [5.74, 6) is -0.596. The number of fused-ring (bicyclic) bond motifs is 1. The van der Waals surface area contributed by atoms with Gasteiger partial charge >= 0.3 is 5.97 Å². The molecule has 3 N–H and O–H groups in total. The zero-order valence-corrected chi connectivity index (χ0v) is 23.0. The summed E-state index contributed by atoms with van der Waals surface area (Å²) in [6.07, 6.45) is 7.45. The third-order valence-corrected chi connectivity index (χ3v) is 9.53. The fourth-order valence-corrected chi connectivity index (χ4v) is 7.62. The molecule has 1 aliphatic heterocycles. The van der Waals surface area contributed by atoms with Crippen molar-refractivity contribution in [2.45, 2.75) is 68.6 Å². The Morgan fingerprint density at radius 3 is 2.33 bits per heavy atom. The number of ether oxygens (including phenoxy) is 1. The van der Waals surface area contributed by atoms with Gasteiger partial charge in [-0.15, -0.1) is 11.8 Å². The molecule has 0 saturated heterocycles. The highest BCUT2D eigenvalue weighted by molar-refractivity contribution is 8.24. The number of nitrogens with zero attached hydrogens (tertiary/aromatic N) is 1. The van der Waals surface area contributed by atoms with Gasteiger partial charge in [-0.3, -0.25) is 13.9 Å². The number of rotatable bonds is 12. The number of unbranched alkanes of at least 4 members (excludes halogenated alkanes) is 2. The van der Waals surface area contributed by atoms with Crippen LogP contribution in [0.4, 0.5) is 15.8 Å². The predicted octanol–water partition coefficient (Wildman–Crippen LogP) is 8.03. The van der Waals surface area contributed by atoms with E-state index in [9.17, 15) is 18.3 Å². The molecule has 0 aromatic heterocycles. The Hall–Kier alpha value is -1.94. The van der Waals surface area contributed by atoms with E-state index in [0.29, 0.717) is 22.9 Å². The van der Waals surface area contributed by atoms with Gasteiger partial charge in [-0.1, -0.05) is 39.5 Å². The van der Waals surface area contributed by atoms with Gasteiger partial charge in [0, 0.05) is 29.5 Å². The third-order valence-electron chi connectivity index (χ3n) is 6.72. The lowest BCUT2D eigenvalue weighted by Gasteiger charge is -2.42. The largest absolute Gasteiger partial charge is 0.492 e. The standard InChI is InChI=1S/C27H38FNO5S2/c1-4-6-13-27(14-7-5-2)18-29(21-10-8-20(28)9-11-21)22-16-24(35-3)23(34-15-12-26(30)31)17-25(22)36(32,33)19-27/h8-11,16-17,32-33H,4-7,12-15,18-19H2,1-3H3,(H,30,31). The van der Waals surface area contributed by atoms with E-state index in [1.54, 1.807) is 18.2 Å². The molecule has 0 amide bonds. The number of carboxylic acids is 1. The molecule has 0 saturated carbocycles. The third kappa shape index (κ3) is 6.88. The van der Waals surface area contributed by atoms with Crippen LogP contribution in [-0.2, 0) is 4.79 Å². The quantitative estimate of drug-likeness (QED) is 0.235. The van der Waals surface area contributed by atoms with Crippen molar-refractivity contribution in [1.29, 1.82) is 0 Å². The van der Waals surface area contributed by atoms with Gasteiger partial charge in [0.15, 0.2) is 0 Å². The molecule has 0 aliphatic carbocycles. The topological polar surface area (TPSA) is 90.2 Å². The SMILES string of the molecule is CCCCC1(CCCC)CN(c2ccc(F)cc2)c2cc(SC)c(OCCC(=O)O)cc2S(O)(O)C1. The second-order valence-electron chi connectivity index (χ2n) is 9.54. The van der Waals surface area contributed by atoms with Gasteiger partial charge in [0.2, 0.25) is 0 Å². The van der Waals surface area contributed by atoms with Crippen molar-refractivity contribution in [3.05, 3.63) is 42.2 Å². The van der Waals surface area contributed by atoms with Gasteiger partial charge in [0.25, 0.3) is 0 Å². The Bertz CT molecular complexity index is 1020. The van der Waals surface area contributed by atoms with Gasteiger partial charge in [-0.05, 0) is 49.4 Å². The van der Waals surface area contributed by atoms with Crippen molar-refractivity contribution in [1.82, 2.24) is 0 Å². The van der Waals surface area contributed by atoms with E-state index in [4.69, 9.17) is 9.84 Å². The summed E-state index contributed by atoms with van der Waals surface area (Å²) in [6.45, 7) is 4.86. The lowest BCUT2D eigenvalue weighted by atomic mass is 9.79. The number of benzene rings is 2. The van der Waals surface area contributed by atoms with Crippen LogP contribution in [0.5, 0.6) is 5.75 Å². The van der Waals surface area contributed by atoms with Gasteiger partial charge in [-0.2, -0.15) is 10.6 Å². The summed E-state index contributed by atoms with van der Waals surface area (Å²) < 4.78 is 42.9. The number of anilines is 2. The minimum atomic E-state index is -3.21. The molecule has 0 atom stereocenters. The van der Waals surface area contributed by atoms with Crippen molar-refractivity contribution in [3.8, 4) is 5.75 Å². The zero-order chi connectivity index (χ0) is 26.3. The second-order valence-corrected chi connectivity index (χ2v) is 12.5. The molecule has 2 aromatic carbocycles. The van der Waals surface area contributed by atoms with Crippen molar-refractivity contribution in [3.63, 3.8) is 0 Å². The highest BCUT2D eigenvalue weighted by Gasteiger charge is 2.42. The summed E-state index contributed by atoms with van der Waals surface area (Å²) >= 11 is 1.45. The molecule has 2 aromatic rings. The summed E-state index contributed by atoms with van der Waals surface area (Å²) in [5, 5.41) is 9.02. The van der Waals surface area contributed by atoms with Crippen LogP contribution in [0.1, 0.15) is 58.8 Å². The molecule has 200 valence electrons. The Morgan fingerprint density at radius 1 is 1.14 bits per heavy atom. The number of carboxylic acid groups (broad SMARTS) is 1. The summed E-state index contributed by atoms with van der Waals surface area (Å²) in [5.41, 5.74) is 1.13. The molecule has 0 bridgehead atoms. The number of hydrogen-bond donors (Lipinski definition) is 3. The highest BCUT2D eigenvalue weighted by atomic mass is 32.3. The van der Waals surface area contributed by atoms with E-state index in [1.807, 2.05) is 12.3 Å². The maximum absolute atomic E-state index is 13.8. The molecular weight excluding hydrogens is 501 g/mol. The van der Waals surface area contributed by atoms with Crippen LogP contribution in [0.3, 0.4) is 0 Å². The average Bonchev–Trinajstić information content (AvgIpc) is 2.93. The first-order chi connectivity index (χ1) is 17.1. The molecule has 0 spiro atoms. The zero-order valence-electron chi connectivity index (χ0n) is 21.3. The number of aliphatic carboxylic acids is 1. The molecule has 6 nitrogen and oxygen atoms in total. The minimum absolute atomic E-state index is 0.0144. The normalized spacial score (nSPS) is 17.2. The molecule has 0 unspecified atom stereocenters. The predicted molar refractivity (Wildman–Crippen MR) is 147 cm³/mol. The van der Waals surface area contributed by atoms with Crippen LogP contribution in [0.2, 0.25) is 0 Å². The molecule has 1 aliphatic rings. The first kappa shape index (κ1) is 28.6. The number of thioether (sulfide) groups is 1. The highest BCUT2D eigenvalue weighted by Crippen LogP contribution is 2.62. The van der Waals surface area contributed by atoms with Crippen LogP contribution in [0.25, 0.3) is 0 Å². The van der Waals surface area contributed by atoms with Crippen LogP contribution in [-0.4, -0.2) is 45.3 Å². The Kier molecular flexibility index (Phi) is 9.97. The minimum Gasteiger partial charge on any atom is -0.492 e. The van der Waals surface area contributed by atoms with Crippen molar-refractivity contribution in [2.75, 3.05) is 30.1 Å². The first-order valence-electron chi connectivity index (χ1n) is 12.5. The average molecular weight is 540 g/mol. The van der Waals surface area contributed by atoms with Crippen LogP contribution < -0.4 is 9.64 Å². The maximum atomic E-state index is 13.8. The second kappa shape index (κ2) is 12.5. The summed E-state index contributed by atoms with van der Waals surface area (Å²) in [4.78, 5) is 14.3. The lowest BCUT2D eigenvalue weighted by Crippen LogP contribution is -2.37. The molecule has 1 heterocycles. The smallest absolute Gasteiger partial charge is 0.306 e. The van der Waals surface area contributed by atoms with Gasteiger partial charge < -0.3 is 14.7 Å². The fraction of sp³-hybridized carbons (Fsp3) is 0.519. The van der Waals surface area contributed by atoms with E-state index in [1.165, 1.54) is 23.9 Å². The van der Waals surface area contributed by atoms with Crippen LogP contribution in [0, 0.1) is 11.2 Å². The first-order valence-corrected chi connectivity index (χ1v) is 15.4. The van der Waals surface area contributed by atoms with E-state index in [0.717, 1.165) is 49.1 Å². The Labute approximate surface area is 219 Å². The summed E-state index contributed by atoms with van der Waals surface area (Å²) in [6, 6.07) is 9.88. The molecule has 36 heavy (non-hydrogen) atoms. The number of carbonyl (C=O) groups is 1. The van der Waals surface area contributed by atoms with E-state index < -0.39 is 16.6 Å². The fourth-order valence-electron chi connectivity index (χ4n) is 4.88. The molecule has 0 fully saturated rings. The monoisotopic (exact) mass is 539 g/mol. The van der Waals surface area contributed by atoms with Crippen LogP contribution in [0.15, 0.2) is 46.2 Å². The van der Waals surface area contributed by atoms with Gasteiger partial charge in [-0.25, -0.2) is 4.39 Å². The van der Waals surface area contributed by atoms with Crippen molar-refractivity contribution in [2.24, 2.45) is 5.41 Å². The van der Waals surface area contributed by atoms with E-state index >= 15 is 0 Å². The summed E-state index contributed by atoms with van der Waals surface area (Å²) in [7, 11) is -3.21. The van der Waals surface area contributed by atoms with Crippen molar-refractivity contribution < 1.29 is 28.1 Å². The molecule has 9 heteroatoms.